The van der Waals surface area contributed by atoms with Crippen molar-refractivity contribution in [2.75, 3.05) is 0 Å². The van der Waals surface area contributed by atoms with Crippen molar-refractivity contribution in [3.05, 3.63) is 83.9 Å². The second-order valence-corrected chi connectivity index (χ2v) is 13.6. The van der Waals surface area contributed by atoms with E-state index in [-0.39, 0.29) is 10.8 Å². The molecule has 6 aromatic rings. The van der Waals surface area contributed by atoms with Crippen molar-refractivity contribution in [3.63, 3.8) is 0 Å². The maximum absolute atomic E-state index is 2.41. The van der Waals surface area contributed by atoms with Crippen molar-refractivity contribution in [3.8, 4) is 11.1 Å². The highest BCUT2D eigenvalue weighted by molar-refractivity contribution is 7.26. The molecule has 0 aliphatic carbocycles. The highest BCUT2D eigenvalue weighted by Gasteiger charge is 2.20. The largest absolute Gasteiger partial charge is 0.135 e. The molecule has 0 N–H and O–H groups in total. The Balaban J connectivity index is 1.57. The fourth-order valence-corrected chi connectivity index (χ4v) is 7.56. The maximum atomic E-state index is 2.41. The van der Waals surface area contributed by atoms with Crippen LogP contribution >= 0.6 is 22.7 Å². The lowest BCUT2D eigenvalue weighted by Gasteiger charge is -2.20. The first kappa shape index (κ1) is 21.8. The van der Waals surface area contributed by atoms with E-state index in [2.05, 4.69) is 114 Å². The van der Waals surface area contributed by atoms with Crippen LogP contribution in [-0.4, -0.2) is 0 Å². The standard InChI is InChI=1S/C32H30S2/c1-31(2,3)20-14-16-22-23-10-7-9-21(30(23)34-28(22)18-20)19-13-15-24-27(17-19)33-26-12-8-11-25(29(24)26)32(4,5)6/h7-18H,1-6H3. The zero-order valence-electron chi connectivity index (χ0n) is 20.7. The molecule has 2 heterocycles. The first-order chi connectivity index (χ1) is 16.1. The predicted octanol–water partition coefficient (Wildman–Crippen LogP) is 10.7. The molecule has 0 saturated carbocycles. The van der Waals surface area contributed by atoms with Crippen molar-refractivity contribution in [1.29, 1.82) is 0 Å². The van der Waals surface area contributed by atoms with Crippen molar-refractivity contribution >= 4 is 63.0 Å². The van der Waals surface area contributed by atoms with Crippen molar-refractivity contribution < 1.29 is 0 Å². The molecule has 0 nitrogen and oxygen atoms in total. The molecule has 0 aliphatic rings. The second kappa shape index (κ2) is 7.41. The van der Waals surface area contributed by atoms with E-state index in [1.54, 1.807) is 0 Å². The molecule has 0 fully saturated rings. The third-order valence-electron chi connectivity index (χ3n) is 6.98. The average molecular weight is 479 g/mol. The topological polar surface area (TPSA) is 0 Å². The van der Waals surface area contributed by atoms with E-state index in [1.807, 2.05) is 22.7 Å². The maximum Gasteiger partial charge on any atom is 0.0433 e. The molecule has 0 atom stereocenters. The van der Waals surface area contributed by atoms with Gasteiger partial charge in [-0.25, -0.2) is 0 Å². The van der Waals surface area contributed by atoms with Crippen LogP contribution in [-0.2, 0) is 10.8 Å². The van der Waals surface area contributed by atoms with E-state index in [0.29, 0.717) is 0 Å². The Morgan fingerprint density at radius 1 is 0.559 bits per heavy atom. The van der Waals surface area contributed by atoms with Crippen molar-refractivity contribution in [2.45, 2.75) is 52.4 Å². The summed E-state index contributed by atoms with van der Waals surface area (Å²) in [7, 11) is 0. The van der Waals surface area contributed by atoms with E-state index >= 15 is 0 Å². The van der Waals surface area contributed by atoms with Gasteiger partial charge in [0, 0.05) is 40.3 Å². The number of hydrogen-bond acceptors (Lipinski definition) is 2. The summed E-state index contributed by atoms with van der Waals surface area (Å²) in [6.45, 7) is 13.8. The first-order valence-corrected chi connectivity index (χ1v) is 13.7. The molecule has 4 aromatic carbocycles. The molecule has 0 unspecified atom stereocenters. The van der Waals surface area contributed by atoms with Gasteiger partial charge in [-0.1, -0.05) is 96.1 Å². The van der Waals surface area contributed by atoms with Crippen LogP contribution in [0.2, 0.25) is 0 Å². The third kappa shape index (κ3) is 3.39. The molecule has 2 aromatic heterocycles. The van der Waals surface area contributed by atoms with Crippen molar-refractivity contribution in [1.82, 2.24) is 0 Å². The Morgan fingerprint density at radius 2 is 1.29 bits per heavy atom. The normalized spacial score (nSPS) is 13.0. The van der Waals surface area contributed by atoms with Gasteiger partial charge in [0.05, 0.1) is 0 Å². The minimum Gasteiger partial charge on any atom is -0.135 e. The molecule has 0 saturated heterocycles. The Kier molecular flexibility index (Phi) is 4.76. The lowest BCUT2D eigenvalue weighted by molar-refractivity contribution is 0.591. The molecule has 34 heavy (non-hydrogen) atoms. The van der Waals surface area contributed by atoms with E-state index in [0.717, 1.165) is 0 Å². The summed E-state index contributed by atoms with van der Waals surface area (Å²) in [6.07, 6.45) is 0. The van der Waals surface area contributed by atoms with Crippen molar-refractivity contribution in [2.24, 2.45) is 0 Å². The lowest BCUT2D eigenvalue weighted by atomic mass is 9.84. The lowest BCUT2D eigenvalue weighted by Crippen LogP contribution is -2.11. The number of hydrogen-bond donors (Lipinski definition) is 0. The smallest absolute Gasteiger partial charge is 0.0433 e. The van der Waals surface area contributed by atoms with Gasteiger partial charge in [0.2, 0.25) is 0 Å². The van der Waals surface area contributed by atoms with Crippen LogP contribution in [0.15, 0.2) is 72.8 Å². The highest BCUT2D eigenvalue weighted by atomic mass is 32.1. The summed E-state index contributed by atoms with van der Waals surface area (Å²) in [4.78, 5) is 0. The van der Waals surface area contributed by atoms with Crippen LogP contribution < -0.4 is 0 Å². The van der Waals surface area contributed by atoms with Crippen LogP contribution in [0.5, 0.6) is 0 Å². The molecular formula is C32H30S2. The SMILES string of the molecule is CC(C)(C)c1ccc2c(c1)sc1c(-c3ccc4c(c3)sc3cccc(C(C)(C)C)c34)cccc12. The van der Waals surface area contributed by atoms with Crippen LogP contribution in [0.4, 0.5) is 0 Å². The van der Waals surface area contributed by atoms with Crippen LogP contribution in [0.25, 0.3) is 51.5 Å². The van der Waals surface area contributed by atoms with Gasteiger partial charge >= 0.3 is 0 Å². The van der Waals surface area contributed by atoms with Gasteiger partial charge in [0.1, 0.15) is 0 Å². The number of fused-ring (bicyclic) bond motifs is 6. The summed E-state index contributed by atoms with van der Waals surface area (Å²) in [6, 6.07) is 27.7. The fourth-order valence-electron chi connectivity index (χ4n) is 5.11. The summed E-state index contributed by atoms with van der Waals surface area (Å²) in [5.74, 6) is 0. The summed E-state index contributed by atoms with van der Waals surface area (Å²) < 4.78 is 5.53. The van der Waals surface area contributed by atoms with Gasteiger partial charge in [-0.3, -0.25) is 0 Å². The average Bonchev–Trinajstić information content (AvgIpc) is 3.34. The zero-order chi connectivity index (χ0) is 23.8. The number of thiophene rings is 2. The van der Waals surface area contributed by atoms with Gasteiger partial charge < -0.3 is 0 Å². The molecule has 0 aliphatic heterocycles. The number of rotatable bonds is 1. The quantitative estimate of drug-likeness (QED) is 0.220. The summed E-state index contributed by atoms with van der Waals surface area (Å²) >= 11 is 3.85. The molecule has 0 radical (unpaired) electrons. The predicted molar refractivity (Wildman–Crippen MR) is 155 cm³/mol. The van der Waals surface area contributed by atoms with Gasteiger partial charge in [0.25, 0.3) is 0 Å². The fraction of sp³-hybridized carbons (Fsp3) is 0.250. The summed E-state index contributed by atoms with van der Waals surface area (Å²) in [5.41, 5.74) is 5.77. The Hall–Kier alpha value is -2.68. The second-order valence-electron chi connectivity index (χ2n) is 11.5. The molecule has 2 heteroatoms. The third-order valence-corrected chi connectivity index (χ3v) is 9.30. The van der Waals surface area contributed by atoms with Gasteiger partial charge in [-0.15, -0.1) is 22.7 Å². The molecule has 170 valence electrons. The van der Waals surface area contributed by atoms with E-state index in [1.165, 1.54) is 62.6 Å². The van der Waals surface area contributed by atoms with Gasteiger partial charge in [0.15, 0.2) is 0 Å². The molecular weight excluding hydrogens is 448 g/mol. The Labute approximate surface area is 209 Å². The molecule has 0 amide bonds. The van der Waals surface area contributed by atoms with E-state index in [9.17, 15) is 0 Å². The van der Waals surface area contributed by atoms with E-state index in [4.69, 9.17) is 0 Å². The number of benzene rings is 4. The first-order valence-electron chi connectivity index (χ1n) is 12.0. The van der Waals surface area contributed by atoms with E-state index < -0.39 is 0 Å². The highest BCUT2D eigenvalue weighted by Crippen LogP contribution is 2.44. The minimum absolute atomic E-state index is 0.126. The van der Waals surface area contributed by atoms with Crippen LogP contribution in [0.3, 0.4) is 0 Å². The van der Waals surface area contributed by atoms with Gasteiger partial charge in [-0.2, -0.15) is 0 Å². The summed E-state index contributed by atoms with van der Waals surface area (Å²) in [5, 5.41) is 5.54. The van der Waals surface area contributed by atoms with Gasteiger partial charge in [-0.05, 0) is 51.3 Å². The zero-order valence-corrected chi connectivity index (χ0v) is 22.4. The van der Waals surface area contributed by atoms with Crippen LogP contribution in [0.1, 0.15) is 52.7 Å². The minimum atomic E-state index is 0.126. The molecule has 0 bridgehead atoms. The molecule has 0 spiro atoms. The van der Waals surface area contributed by atoms with Crippen LogP contribution in [0, 0.1) is 0 Å². The molecule has 6 rings (SSSR count). The monoisotopic (exact) mass is 478 g/mol. The Morgan fingerprint density at radius 3 is 2.06 bits per heavy atom. The Bertz CT molecular complexity index is 1710.